The number of aromatic nitrogens is 4. The molecule has 2 N–H and O–H groups in total. The second kappa shape index (κ2) is 7.23. The minimum Gasteiger partial charge on any atom is -0.379 e. The average Bonchev–Trinajstić information content (AvgIpc) is 3.29. The Hall–Kier alpha value is -3.22. The fraction of sp³-hybridized carbons (Fsp3) is 0.333. The van der Waals surface area contributed by atoms with Gasteiger partial charge in [0, 0.05) is 18.5 Å². The topological polar surface area (TPSA) is 109 Å². The molecular weight excluding hydrogens is 400 g/mol. The standard InChI is InChI=1S/C21H20N6O2S/c1-13-24-15-4-3-14(11-17(15)30-13)25-19-18-16(5-9-23-20(18)28)27(26-19)21(7-8-22)6-2-10-29-12-21/h3-5,9,11H,2,6-7,10,12H2,1H3,(H,23,28)(H,25,26). The smallest absolute Gasteiger partial charge is 0.261 e. The molecule has 0 saturated carbocycles. The predicted octanol–water partition coefficient (Wildman–Crippen LogP) is 3.81. The molecule has 1 saturated heterocycles. The molecule has 8 nitrogen and oxygen atoms in total. The quantitative estimate of drug-likeness (QED) is 0.520. The molecule has 1 atom stereocenters. The van der Waals surface area contributed by atoms with E-state index in [0.29, 0.717) is 29.9 Å². The van der Waals surface area contributed by atoms with Crippen molar-refractivity contribution in [3.8, 4) is 6.07 Å². The number of aromatic amines is 1. The molecule has 0 bridgehead atoms. The van der Waals surface area contributed by atoms with Gasteiger partial charge in [0.25, 0.3) is 5.56 Å². The maximum atomic E-state index is 12.7. The molecule has 1 fully saturated rings. The van der Waals surface area contributed by atoms with Crippen molar-refractivity contribution < 1.29 is 4.74 Å². The number of benzene rings is 1. The molecule has 0 radical (unpaired) electrons. The fourth-order valence-corrected chi connectivity index (χ4v) is 5.01. The van der Waals surface area contributed by atoms with E-state index in [1.807, 2.05) is 35.9 Å². The maximum absolute atomic E-state index is 12.7. The number of pyridine rings is 1. The van der Waals surface area contributed by atoms with E-state index < -0.39 is 5.54 Å². The lowest BCUT2D eigenvalue weighted by molar-refractivity contribution is -0.00174. The number of ether oxygens (including phenoxy) is 1. The first-order chi connectivity index (χ1) is 14.6. The molecule has 9 heteroatoms. The van der Waals surface area contributed by atoms with Crippen LogP contribution in [0.15, 0.2) is 35.3 Å². The van der Waals surface area contributed by atoms with Gasteiger partial charge in [-0.3, -0.25) is 9.48 Å². The van der Waals surface area contributed by atoms with Crippen LogP contribution < -0.4 is 10.9 Å². The summed E-state index contributed by atoms with van der Waals surface area (Å²) in [4.78, 5) is 19.9. The normalized spacial score (nSPS) is 19.2. The minimum absolute atomic E-state index is 0.222. The fourth-order valence-electron chi connectivity index (χ4n) is 4.15. The first-order valence-electron chi connectivity index (χ1n) is 9.79. The third-order valence-electron chi connectivity index (χ3n) is 5.52. The molecule has 1 aliphatic rings. The van der Waals surface area contributed by atoms with Gasteiger partial charge >= 0.3 is 0 Å². The zero-order valence-corrected chi connectivity index (χ0v) is 17.3. The van der Waals surface area contributed by atoms with Crippen LogP contribution in [0.3, 0.4) is 0 Å². The Bertz CT molecular complexity index is 1340. The molecule has 1 aromatic carbocycles. The average molecular weight is 420 g/mol. The molecule has 0 amide bonds. The van der Waals surface area contributed by atoms with Crippen LogP contribution in [-0.2, 0) is 10.3 Å². The minimum atomic E-state index is -0.586. The zero-order chi connectivity index (χ0) is 20.7. The summed E-state index contributed by atoms with van der Waals surface area (Å²) >= 11 is 1.62. The SMILES string of the molecule is Cc1nc2ccc(Nc3nn(C4(CC#N)CCCOC4)c4cc[nH]c(=O)c34)cc2s1. The van der Waals surface area contributed by atoms with Gasteiger partial charge in [-0.2, -0.15) is 10.4 Å². The van der Waals surface area contributed by atoms with Crippen molar-refractivity contribution in [3.63, 3.8) is 0 Å². The van der Waals surface area contributed by atoms with E-state index in [0.717, 1.165) is 33.8 Å². The van der Waals surface area contributed by atoms with Crippen LogP contribution in [0.4, 0.5) is 11.5 Å². The third-order valence-corrected chi connectivity index (χ3v) is 6.45. The largest absolute Gasteiger partial charge is 0.379 e. The highest BCUT2D eigenvalue weighted by Crippen LogP contribution is 2.36. The number of aryl methyl sites for hydroxylation is 1. The lowest BCUT2D eigenvalue weighted by Crippen LogP contribution is -2.42. The van der Waals surface area contributed by atoms with Crippen molar-refractivity contribution in [1.82, 2.24) is 19.7 Å². The Kier molecular flexibility index (Phi) is 4.53. The molecule has 4 aromatic rings. The number of H-pyrrole nitrogens is 1. The summed E-state index contributed by atoms with van der Waals surface area (Å²) in [7, 11) is 0. The Balaban J connectivity index is 1.65. The van der Waals surface area contributed by atoms with E-state index in [9.17, 15) is 10.1 Å². The van der Waals surface area contributed by atoms with E-state index in [2.05, 4.69) is 21.4 Å². The van der Waals surface area contributed by atoms with E-state index >= 15 is 0 Å². The van der Waals surface area contributed by atoms with Crippen molar-refractivity contribution in [1.29, 1.82) is 5.26 Å². The van der Waals surface area contributed by atoms with Gasteiger partial charge in [0.15, 0.2) is 5.82 Å². The Morgan fingerprint density at radius 3 is 3.13 bits per heavy atom. The number of fused-ring (bicyclic) bond motifs is 2. The van der Waals surface area contributed by atoms with Crippen molar-refractivity contribution >= 4 is 44.0 Å². The number of nitrogens with zero attached hydrogens (tertiary/aromatic N) is 4. The van der Waals surface area contributed by atoms with E-state index in [4.69, 9.17) is 9.84 Å². The van der Waals surface area contributed by atoms with Crippen LogP contribution in [0.1, 0.15) is 24.3 Å². The Morgan fingerprint density at radius 1 is 1.43 bits per heavy atom. The highest BCUT2D eigenvalue weighted by Gasteiger charge is 2.38. The molecule has 0 spiro atoms. The van der Waals surface area contributed by atoms with Gasteiger partial charge in [-0.1, -0.05) is 0 Å². The molecular formula is C21H20N6O2S. The van der Waals surface area contributed by atoms with Gasteiger partial charge < -0.3 is 15.0 Å². The highest BCUT2D eigenvalue weighted by molar-refractivity contribution is 7.18. The van der Waals surface area contributed by atoms with E-state index in [1.165, 1.54) is 0 Å². The summed E-state index contributed by atoms with van der Waals surface area (Å²) in [6.45, 7) is 3.05. The molecule has 1 aliphatic heterocycles. The van der Waals surface area contributed by atoms with Crippen LogP contribution in [0, 0.1) is 18.3 Å². The second-order valence-corrected chi connectivity index (χ2v) is 8.82. The molecule has 1 unspecified atom stereocenters. The first kappa shape index (κ1) is 18.8. The number of hydrogen-bond acceptors (Lipinski definition) is 7. The van der Waals surface area contributed by atoms with Crippen LogP contribution in [0.25, 0.3) is 21.1 Å². The van der Waals surface area contributed by atoms with Crippen LogP contribution in [0.2, 0.25) is 0 Å². The highest BCUT2D eigenvalue weighted by atomic mass is 32.1. The number of nitrogens with one attached hydrogen (secondary N) is 2. The molecule has 5 rings (SSSR count). The van der Waals surface area contributed by atoms with Crippen molar-refractivity contribution in [2.45, 2.75) is 31.7 Å². The Labute approximate surface area is 176 Å². The van der Waals surface area contributed by atoms with Gasteiger partial charge in [-0.05, 0) is 44.0 Å². The number of anilines is 2. The lowest BCUT2D eigenvalue weighted by atomic mass is 9.89. The van der Waals surface area contributed by atoms with Gasteiger partial charge in [-0.25, -0.2) is 4.98 Å². The zero-order valence-electron chi connectivity index (χ0n) is 16.4. The van der Waals surface area contributed by atoms with Crippen LogP contribution in [-0.4, -0.2) is 33.0 Å². The summed E-state index contributed by atoms with van der Waals surface area (Å²) in [6.07, 6.45) is 3.50. The van der Waals surface area contributed by atoms with Gasteiger partial charge in [-0.15, -0.1) is 11.3 Å². The van der Waals surface area contributed by atoms with Crippen molar-refractivity contribution in [2.75, 3.05) is 18.5 Å². The van der Waals surface area contributed by atoms with Crippen molar-refractivity contribution in [3.05, 3.63) is 45.8 Å². The monoisotopic (exact) mass is 420 g/mol. The molecule has 4 heterocycles. The summed E-state index contributed by atoms with van der Waals surface area (Å²) in [5, 5.41) is 19.1. The summed E-state index contributed by atoms with van der Waals surface area (Å²) in [6, 6.07) is 10.0. The van der Waals surface area contributed by atoms with E-state index in [-0.39, 0.29) is 12.0 Å². The van der Waals surface area contributed by atoms with Crippen LogP contribution in [0.5, 0.6) is 0 Å². The number of nitriles is 1. The Morgan fingerprint density at radius 2 is 2.33 bits per heavy atom. The molecule has 0 aliphatic carbocycles. The van der Waals surface area contributed by atoms with E-state index in [1.54, 1.807) is 17.5 Å². The predicted molar refractivity (Wildman–Crippen MR) is 116 cm³/mol. The van der Waals surface area contributed by atoms with Gasteiger partial charge in [0.05, 0.1) is 45.4 Å². The van der Waals surface area contributed by atoms with Crippen molar-refractivity contribution in [2.24, 2.45) is 0 Å². The molecule has 3 aromatic heterocycles. The molecule has 30 heavy (non-hydrogen) atoms. The second-order valence-electron chi connectivity index (χ2n) is 7.58. The summed E-state index contributed by atoms with van der Waals surface area (Å²) in [5.41, 5.74) is 1.66. The summed E-state index contributed by atoms with van der Waals surface area (Å²) < 4.78 is 8.61. The lowest BCUT2D eigenvalue weighted by Gasteiger charge is -2.35. The number of hydrogen-bond donors (Lipinski definition) is 2. The van der Waals surface area contributed by atoms with Gasteiger partial charge in [0.2, 0.25) is 0 Å². The van der Waals surface area contributed by atoms with Crippen LogP contribution >= 0.6 is 11.3 Å². The summed E-state index contributed by atoms with van der Waals surface area (Å²) in [5.74, 6) is 0.468. The number of thiazole rings is 1. The first-order valence-corrected chi connectivity index (χ1v) is 10.6. The molecule has 152 valence electrons. The number of rotatable bonds is 4. The third kappa shape index (κ3) is 3.05. The van der Waals surface area contributed by atoms with Gasteiger partial charge in [0.1, 0.15) is 5.39 Å². The maximum Gasteiger partial charge on any atom is 0.261 e.